The van der Waals surface area contributed by atoms with E-state index in [0.29, 0.717) is 37.4 Å². The number of nitrogens with one attached hydrogen (secondary N) is 1. The first-order chi connectivity index (χ1) is 14.1. The van der Waals surface area contributed by atoms with Crippen LogP contribution in [0.4, 0.5) is 5.69 Å². The predicted molar refractivity (Wildman–Crippen MR) is 109 cm³/mol. The normalized spacial score (nSPS) is 24.0. The van der Waals surface area contributed by atoms with Gasteiger partial charge in [0.2, 0.25) is 5.91 Å². The van der Waals surface area contributed by atoms with Gasteiger partial charge in [0.05, 0.1) is 35.4 Å². The van der Waals surface area contributed by atoms with E-state index in [-0.39, 0.29) is 29.7 Å². The van der Waals surface area contributed by atoms with E-state index in [9.17, 15) is 14.4 Å². The Balaban J connectivity index is 1.55. The number of nitrogens with zero attached hydrogens (tertiary/aromatic N) is 2. The highest BCUT2D eigenvalue weighted by Gasteiger charge is 2.40. The van der Waals surface area contributed by atoms with Crippen molar-refractivity contribution < 1.29 is 19.1 Å². The summed E-state index contributed by atoms with van der Waals surface area (Å²) in [6.45, 7) is 6.36. The maximum absolute atomic E-state index is 13.1. The lowest BCUT2D eigenvalue weighted by atomic mass is 9.95. The lowest BCUT2D eigenvalue weighted by molar-refractivity contribution is -0.125. The molecule has 2 saturated heterocycles. The highest BCUT2D eigenvalue weighted by molar-refractivity contribution is 6.23. The van der Waals surface area contributed by atoms with E-state index < -0.39 is 0 Å². The number of amides is 3. The van der Waals surface area contributed by atoms with E-state index in [4.69, 9.17) is 4.74 Å². The van der Waals surface area contributed by atoms with Crippen molar-refractivity contribution in [1.82, 2.24) is 10.2 Å². The third kappa shape index (κ3) is 3.79. The first-order valence-electron chi connectivity index (χ1n) is 10.3. The van der Waals surface area contributed by atoms with Gasteiger partial charge in [-0.25, -0.2) is 0 Å². The molecule has 0 radical (unpaired) electrons. The fourth-order valence-electron chi connectivity index (χ4n) is 4.46. The average Bonchev–Trinajstić information content (AvgIpc) is 3.35. The Hall–Kier alpha value is -2.67. The molecule has 7 heteroatoms. The molecular weight excluding hydrogens is 370 g/mol. The molecule has 0 unspecified atom stereocenters. The number of fused-ring (bicyclic) bond motifs is 1. The van der Waals surface area contributed by atoms with Gasteiger partial charge in [-0.15, -0.1) is 6.58 Å². The molecule has 0 aliphatic carbocycles. The number of imide groups is 1. The molecular formula is C22H27N3O4. The Labute approximate surface area is 170 Å². The van der Waals surface area contributed by atoms with Crippen LogP contribution in [0.1, 0.15) is 46.4 Å². The molecule has 1 aromatic rings. The third-order valence-corrected chi connectivity index (χ3v) is 5.94. The minimum atomic E-state index is -0.255. The van der Waals surface area contributed by atoms with Gasteiger partial charge in [-0.3, -0.25) is 19.3 Å². The second-order valence-electron chi connectivity index (χ2n) is 7.87. The summed E-state index contributed by atoms with van der Waals surface area (Å²) < 4.78 is 5.62. The highest BCUT2D eigenvalue weighted by atomic mass is 16.5. The van der Waals surface area contributed by atoms with Crippen LogP contribution in [0.3, 0.4) is 0 Å². The zero-order valence-electron chi connectivity index (χ0n) is 16.6. The maximum Gasteiger partial charge on any atom is 0.263 e. The van der Waals surface area contributed by atoms with E-state index in [1.165, 1.54) is 4.90 Å². The van der Waals surface area contributed by atoms with Crippen molar-refractivity contribution in [3.05, 3.63) is 42.0 Å². The van der Waals surface area contributed by atoms with Gasteiger partial charge in [0.15, 0.2) is 0 Å². The Morgan fingerprint density at radius 2 is 2.10 bits per heavy atom. The van der Waals surface area contributed by atoms with Crippen molar-refractivity contribution in [3.63, 3.8) is 0 Å². The summed E-state index contributed by atoms with van der Waals surface area (Å²) in [5, 5.41) is 2.86. The van der Waals surface area contributed by atoms with Crippen LogP contribution in [0.15, 0.2) is 30.9 Å². The molecule has 7 nitrogen and oxygen atoms in total. The van der Waals surface area contributed by atoms with Crippen LogP contribution in [0, 0.1) is 5.92 Å². The summed E-state index contributed by atoms with van der Waals surface area (Å²) >= 11 is 0. The van der Waals surface area contributed by atoms with Crippen LogP contribution >= 0.6 is 0 Å². The van der Waals surface area contributed by atoms with Crippen LogP contribution in [0.5, 0.6) is 0 Å². The average molecular weight is 397 g/mol. The Kier molecular flexibility index (Phi) is 5.67. The lowest BCUT2D eigenvalue weighted by Gasteiger charge is -2.34. The van der Waals surface area contributed by atoms with E-state index in [0.717, 1.165) is 37.9 Å². The topological polar surface area (TPSA) is 79.0 Å². The van der Waals surface area contributed by atoms with Crippen molar-refractivity contribution >= 4 is 23.4 Å². The van der Waals surface area contributed by atoms with E-state index in [2.05, 4.69) is 16.8 Å². The summed E-state index contributed by atoms with van der Waals surface area (Å²) in [5.41, 5.74) is 1.66. The monoisotopic (exact) mass is 397 g/mol. The van der Waals surface area contributed by atoms with Crippen LogP contribution < -0.4 is 10.2 Å². The number of carbonyl (C=O) groups is 3. The van der Waals surface area contributed by atoms with Crippen molar-refractivity contribution in [3.8, 4) is 0 Å². The second-order valence-corrected chi connectivity index (χ2v) is 7.87. The summed E-state index contributed by atoms with van der Waals surface area (Å²) in [4.78, 5) is 41.8. The zero-order valence-corrected chi connectivity index (χ0v) is 16.6. The van der Waals surface area contributed by atoms with Gasteiger partial charge in [0.25, 0.3) is 11.8 Å². The third-order valence-electron chi connectivity index (χ3n) is 5.94. The molecule has 2 atom stereocenters. The molecule has 3 aliphatic rings. The van der Waals surface area contributed by atoms with Crippen molar-refractivity contribution in [2.45, 2.75) is 31.8 Å². The molecule has 154 valence electrons. The van der Waals surface area contributed by atoms with Gasteiger partial charge in [-0.2, -0.15) is 0 Å². The maximum atomic E-state index is 13.1. The summed E-state index contributed by atoms with van der Waals surface area (Å²) in [6, 6.07) is 5.41. The number of carbonyl (C=O) groups excluding carboxylic acids is 3. The Morgan fingerprint density at radius 1 is 1.24 bits per heavy atom. The van der Waals surface area contributed by atoms with Gasteiger partial charge < -0.3 is 15.0 Å². The van der Waals surface area contributed by atoms with Gasteiger partial charge >= 0.3 is 0 Å². The minimum Gasteiger partial charge on any atom is -0.376 e. The van der Waals surface area contributed by atoms with Crippen LogP contribution in [0.25, 0.3) is 0 Å². The second kappa shape index (κ2) is 8.37. The van der Waals surface area contributed by atoms with Crippen LogP contribution in [-0.2, 0) is 9.53 Å². The SMILES string of the molecule is C=CCNC(=O)[C@@H]1CCCN(c2cccc3c2C(=O)N(C[C@@H]2CCCO2)C3=O)C1. The molecule has 4 rings (SSSR count). The van der Waals surface area contributed by atoms with Gasteiger partial charge in [0.1, 0.15) is 0 Å². The van der Waals surface area contributed by atoms with Crippen LogP contribution in [0.2, 0.25) is 0 Å². The molecule has 1 aromatic carbocycles. The Bertz CT molecular complexity index is 831. The number of benzene rings is 1. The summed E-state index contributed by atoms with van der Waals surface area (Å²) in [5.74, 6) is -0.645. The van der Waals surface area contributed by atoms with Gasteiger partial charge in [-0.1, -0.05) is 12.1 Å². The molecule has 0 bridgehead atoms. The quantitative estimate of drug-likeness (QED) is 0.587. The Morgan fingerprint density at radius 3 is 2.86 bits per heavy atom. The molecule has 3 aliphatic heterocycles. The van der Waals surface area contributed by atoms with Crippen molar-refractivity contribution in [2.24, 2.45) is 5.92 Å². The van der Waals surface area contributed by atoms with E-state index in [1.54, 1.807) is 12.1 Å². The highest BCUT2D eigenvalue weighted by Crippen LogP contribution is 2.34. The molecule has 29 heavy (non-hydrogen) atoms. The lowest BCUT2D eigenvalue weighted by Crippen LogP contribution is -2.43. The largest absolute Gasteiger partial charge is 0.376 e. The fraction of sp³-hybridized carbons (Fsp3) is 0.500. The number of piperidine rings is 1. The number of anilines is 1. The smallest absolute Gasteiger partial charge is 0.263 e. The summed E-state index contributed by atoms with van der Waals surface area (Å²) in [6.07, 6.45) is 5.09. The standard InChI is InChI=1S/C22H27N3O4/c1-2-10-23-20(26)15-6-4-11-24(13-15)18-9-3-8-17-19(18)22(28)25(21(17)27)14-16-7-5-12-29-16/h2-3,8-9,15-16H,1,4-7,10-14H2,(H,23,26)/t15-,16+/m1/s1. The van der Waals surface area contributed by atoms with Gasteiger partial charge in [0, 0.05) is 26.2 Å². The molecule has 0 saturated carbocycles. The fourth-order valence-corrected chi connectivity index (χ4v) is 4.46. The molecule has 1 N–H and O–H groups in total. The van der Waals surface area contributed by atoms with E-state index in [1.807, 2.05) is 12.1 Å². The van der Waals surface area contributed by atoms with Crippen molar-refractivity contribution in [2.75, 3.05) is 37.7 Å². The predicted octanol–water partition coefficient (Wildman–Crippen LogP) is 1.98. The van der Waals surface area contributed by atoms with Crippen molar-refractivity contribution in [1.29, 1.82) is 0 Å². The molecule has 0 spiro atoms. The number of hydrogen-bond acceptors (Lipinski definition) is 5. The summed E-state index contributed by atoms with van der Waals surface area (Å²) in [7, 11) is 0. The molecule has 3 heterocycles. The first-order valence-corrected chi connectivity index (χ1v) is 10.3. The number of ether oxygens (including phenoxy) is 1. The first kappa shape index (κ1) is 19.6. The minimum absolute atomic E-state index is 0.00425. The molecule has 2 fully saturated rings. The number of hydrogen-bond donors (Lipinski definition) is 1. The number of rotatable bonds is 6. The molecule has 0 aromatic heterocycles. The molecule has 3 amide bonds. The zero-order chi connectivity index (χ0) is 20.4. The van der Waals surface area contributed by atoms with E-state index >= 15 is 0 Å². The van der Waals surface area contributed by atoms with Crippen LogP contribution in [-0.4, -0.2) is 61.5 Å². The van der Waals surface area contributed by atoms with Gasteiger partial charge in [-0.05, 0) is 37.8 Å².